The third-order valence-corrected chi connectivity index (χ3v) is 3.52. The summed E-state index contributed by atoms with van der Waals surface area (Å²) in [6, 6.07) is 5.21. The van der Waals surface area contributed by atoms with E-state index in [9.17, 15) is 9.59 Å². The number of amides is 1. The van der Waals surface area contributed by atoms with Crippen molar-refractivity contribution in [1.29, 1.82) is 0 Å². The summed E-state index contributed by atoms with van der Waals surface area (Å²) in [5.74, 6) is -0.555. The molecule has 1 aromatic carbocycles. The maximum Gasteiger partial charge on any atom is 0.313 e. The Balaban J connectivity index is 2.55. The fraction of sp³-hybridized carbons (Fsp3) is 0.273. The molecule has 1 rings (SSSR count). The Morgan fingerprint density at radius 2 is 2.17 bits per heavy atom. The lowest BCUT2D eigenvalue weighted by Crippen LogP contribution is -2.15. The number of benzene rings is 1. The highest BCUT2D eigenvalue weighted by atomic mass is 79.9. The molecular weight excluding hydrogens is 322 g/mol. The summed E-state index contributed by atoms with van der Waals surface area (Å²) < 4.78 is 5.78. The maximum absolute atomic E-state index is 11.6. The monoisotopic (exact) mass is 333 g/mol. The van der Waals surface area contributed by atoms with Crippen molar-refractivity contribution >= 4 is 45.3 Å². The first-order valence-electron chi connectivity index (χ1n) is 4.96. The van der Waals surface area contributed by atoms with Gasteiger partial charge in [0.2, 0.25) is 5.91 Å². The van der Waals surface area contributed by atoms with E-state index in [1.165, 1.54) is 7.11 Å². The first-order valence-corrected chi connectivity index (χ1v) is 6.90. The van der Waals surface area contributed by atoms with Gasteiger partial charge in [-0.05, 0) is 28.1 Å². The first kappa shape index (κ1) is 14.8. The van der Waals surface area contributed by atoms with Crippen LogP contribution >= 0.6 is 27.7 Å². The number of nitrogens with one attached hydrogen (secondary N) is 1. The third-order valence-electron chi connectivity index (χ3n) is 1.91. The Morgan fingerprint density at radius 1 is 1.44 bits per heavy atom. The second-order valence-corrected chi connectivity index (χ2v) is 5.12. The van der Waals surface area contributed by atoms with Crippen molar-refractivity contribution in [2.75, 3.05) is 23.9 Å². The van der Waals surface area contributed by atoms with Crippen molar-refractivity contribution in [3.8, 4) is 5.75 Å². The van der Waals surface area contributed by atoms with Crippen molar-refractivity contribution in [1.82, 2.24) is 0 Å². The van der Waals surface area contributed by atoms with Gasteiger partial charge in [0.1, 0.15) is 5.75 Å². The predicted molar refractivity (Wildman–Crippen MR) is 74.3 cm³/mol. The molecule has 0 heterocycles. The summed E-state index contributed by atoms with van der Waals surface area (Å²) in [5.41, 5.74) is 0.593. The lowest BCUT2D eigenvalue weighted by molar-refractivity contribution is -0.133. The first-order chi connectivity index (χ1) is 8.52. The molecular formula is C11H12BrNO4S. The summed E-state index contributed by atoms with van der Waals surface area (Å²) in [5, 5.41) is 11.1. The van der Waals surface area contributed by atoms with E-state index >= 15 is 0 Å². The minimum Gasteiger partial charge on any atom is -0.497 e. The number of carboxylic acid groups (broad SMARTS) is 1. The van der Waals surface area contributed by atoms with E-state index in [1.807, 2.05) is 0 Å². The molecule has 0 bridgehead atoms. The van der Waals surface area contributed by atoms with E-state index < -0.39 is 5.97 Å². The molecule has 0 aliphatic carbocycles. The Morgan fingerprint density at radius 3 is 2.78 bits per heavy atom. The number of methoxy groups -OCH3 is 1. The van der Waals surface area contributed by atoms with Gasteiger partial charge in [0, 0.05) is 10.5 Å². The molecule has 98 valence electrons. The molecule has 0 fully saturated rings. The van der Waals surface area contributed by atoms with Crippen molar-refractivity contribution in [3.05, 3.63) is 22.7 Å². The van der Waals surface area contributed by atoms with Gasteiger partial charge in [-0.25, -0.2) is 0 Å². The number of rotatable bonds is 6. The van der Waals surface area contributed by atoms with Crippen LogP contribution in [0.4, 0.5) is 5.69 Å². The summed E-state index contributed by atoms with van der Waals surface area (Å²) in [4.78, 5) is 21.9. The number of carbonyl (C=O) groups excluding carboxylic acids is 1. The largest absolute Gasteiger partial charge is 0.497 e. The molecule has 0 saturated carbocycles. The van der Waals surface area contributed by atoms with Crippen LogP contribution in [0, 0.1) is 0 Å². The van der Waals surface area contributed by atoms with Gasteiger partial charge < -0.3 is 15.2 Å². The quantitative estimate of drug-likeness (QED) is 0.834. The SMILES string of the molecule is COc1ccc(Br)c(NC(=O)CSCC(=O)O)c1. The third kappa shape index (κ3) is 4.97. The van der Waals surface area contributed by atoms with E-state index in [-0.39, 0.29) is 17.4 Å². The van der Waals surface area contributed by atoms with Gasteiger partial charge in [0.15, 0.2) is 0 Å². The second-order valence-electron chi connectivity index (χ2n) is 3.28. The van der Waals surface area contributed by atoms with Crippen molar-refractivity contribution < 1.29 is 19.4 Å². The van der Waals surface area contributed by atoms with Crippen LogP contribution in [0.2, 0.25) is 0 Å². The van der Waals surface area contributed by atoms with Gasteiger partial charge in [-0.15, -0.1) is 11.8 Å². The molecule has 0 atom stereocenters. The molecule has 0 aliphatic heterocycles. The summed E-state index contributed by atoms with van der Waals surface area (Å²) in [6.07, 6.45) is 0. The number of carboxylic acids is 1. The van der Waals surface area contributed by atoms with Gasteiger partial charge in [-0.1, -0.05) is 0 Å². The zero-order chi connectivity index (χ0) is 13.5. The highest BCUT2D eigenvalue weighted by Gasteiger charge is 2.08. The number of thioether (sulfide) groups is 1. The molecule has 0 saturated heterocycles. The van der Waals surface area contributed by atoms with E-state index in [1.54, 1.807) is 18.2 Å². The standard InChI is InChI=1S/C11H12BrNO4S/c1-17-7-2-3-8(12)9(4-7)13-10(14)5-18-6-11(15)16/h2-4H,5-6H2,1H3,(H,13,14)(H,15,16). The molecule has 1 amide bonds. The fourth-order valence-electron chi connectivity index (χ4n) is 1.14. The average Bonchev–Trinajstić information content (AvgIpc) is 2.31. The number of carbonyl (C=O) groups is 2. The van der Waals surface area contributed by atoms with E-state index in [0.29, 0.717) is 11.4 Å². The minimum absolute atomic E-state index is 0.0906. The lowest BCUT2D eigenvalue weighted by atomic mass is 10.3. The zero-order valence-electron chi connectivity index (χ0n) is 9.60. The Bertz CT molecular complexity index is 453. The smallest absolute Gasteiger partial charge is 0.313 e. The number of aliphatic carboxylic acids is 1. The maximum atomic E-state index is 11.6. The lowest BCUT2D eigenvalue weighted by Gasteiger charge is -2.08. The van der Waals surface area contributed by atoms with Crippen LogP contribution in [0.25, 0.3) is 0 Å². The van der Waals surface area contributed by atoms with E-state index in [0.717, 1.165) is 16.2 Å². The number of anilines is 1. The van der Waals surface area contributed by atoms with E-state index in [4.69, 9.17) is 9.84 Å². The van der Waals surface area contributed by atoms with Gasteiger partial charge in [0.05, 0.1) is 24.3 Å². The molecule has 0 unspecified atom stereocenters. The Labute approximate surface area is 117 Å². The van der Waals surface area contributed by atoms with Gasteiger partial charge in [-0.3, -0.25) is 9.59 Å². The zero-order valence-corrected chi connectivity index (χ0v) is 12.0. The van der Waals surface area contributed by atoms with Crippen LogP contribution in [0.15, 0.2) is 22.7 Å². The summed E-state index contributed by atoms with van der Waals surface area (Å²) >= 11 is 4.35. The topological polar surface area (TPSA) is 75.6 Å². The molecule has 0 spiro atoms. The molecule has 0 aliphatic rings. The summed E-state index contributed by atoms with van der Waals surface area (Å²) in [6.45, 7) is 0. The summed E-state index contributed by atoms with van der Waals surface area (Å²) in [7, 11) is 1.54. The second kappa shape index (κ2) is 7.27. The van der Waals surface area contributed by atoms with Crippen molar-refractivity contribution in [3.63, 3.8) is 0 Å². The predicted octanol–water partition coefficient (Wildman–Crippen LogP) is 2.21. The number of hydrogen-bond donors (Lipinski definition) is 2. The Hall–Kier alpha value is -1.21. The van der Waals surface area contributed by atoms with Crippen molar-refractivity contribution in [2.24, 2.45) is 0 Å². The van der Waals surface area contributed by atoms with Crippen LogP contribution in [0.1, 0.15) is 0 Å². The van der Waals surface area contributed by atoms with Gasteiger partial charge >= 0.3 is 5.97 Å². The van der Waals surface area contributed by atoms with Crippen LogP contribution < -0.4 is 10.1 Å². The Kier molecular flexibility index (Phi) is 6.00. The van der Waals surface area contributed by atoms with Gasteiger partial charge in [-0.2, -0.15) is 0 Å². The molecule has 0 aromatic heterocycles. The molecule has 7 heteroatoms. The number of halogens is 1. The average molecular weight is 334 g/mol. The molecule has 0 radical (unpaired) electrons. The van der Waals surface area contributed by atoms with Crippen LogP contribution in [0.3, 0.4) is 0 Å². The highest BCUT2D eigenvalue weighted by Crippen LogP contribution is 2.27. The number of hydrogen-bond acceptors (Lipinski definition) is 4. The van der Waals surface area contributed by atoms with Crippen LogP contribution in [-0.2, 0) is 9.59 Å². The van der Waals surface area contributed by atoms with Crippen LogP contribution in [0.5, 0.6) is 5.75 Å². The molecule has 5 nitrogen and oxygen atoms in total. The molecule has 1 aromatic rings. The molecule has 18 heavy (non-hydrogen) atoms. The minimum atomic E-state index is -0.935. The van der Waals surface area contributed by atoms with Crippen molar-refractivity contribution in [2.45, 2.75) is 0 Å². The van der Waals surface area contributed by atoms with Gasteiger partial charge in [0.25, 0.3) is 0 Å². The van der Waals surface area contributed by atoms with E-state index in [2.05, 4.69) is 21.2 Å². The highest BCUT2D eigenvalue weighted by molar-refractivity contribution is 9.10. The van der Waals surface area contributed by atoms with Crippen LogP contribution in [-0.4, -0.2) is 35.6 Å². The number of ether oxygens (including phenoxy) is 1. The molecule has 2 N–H and O–H groups in total. The normalized spacial score (nSPS) is 9.89. The fourth-order valence-corrected chi connectivity index (χ4v) is 2.02.